The van der Waals surface area contributed by atoms with Crippen LogP contribution in [-0.2, 0) is 16.5 Å². The Labute approximate surface area is 209 Å². The Morgan fingerprint density at radius 2 is 1.47 bits per heavy atom. The summed E-state index contributed by atoms with van der Waals surface area (Å²) >= 11 is 0. The summed E-state index contributed by atoms with van der Waals surface area (Å²) in [4.78, 5) is 13.0. The Kier molecular flexibility index (Phi) is 9.39. The molecule has 2 rings (SSSR count). The number of ether oxygens (including phenoxy) is 1. The molecule has 0 saturated carbocycles. The number of hydrogen-bond donors (Lipinski definition) is 1. The van der Waals surface area contributed by atoms with Gasteiger partial charge in [0.25, 0.3) is 0 Å². The van der Waals surface area contributed by atoms with Gasteiger partial charge in [0.1, 0.15) is 5.75 Å². The van der Waals surface area contributed by atoms with E-state index in [9.17, 15) is 35.3 Å². The maximum atomic E-state index is 14.7. The molecular formula is C25H29F6NO3S. The van der Waals surface area contributed by atoms with Crippen LogP contribution in [0.2, 0.25) is 0 Å². The monoisotopic (exact) mass is 537 g/mol. The molecule has 2 aromatic rings. The first-order valence-corrected chi connectivity index (χ1v) is 12.3. The molecule has 0 unspecified atom stereocenters. The van der Waals surface area contributed by atoms with E-state index in [1.54, 1.807) is 19.1 Å². The van der Waals surface area contributed by atoms with Crippen LogP contribution in [0.4, 0.5) is 26.3 Å². The van der Waals surface area contributed by atoms with Crippen molar-refractivity contribution in [1.29, 1.82) is 0 Å². The molecule has 36 heavy (non-hydrogen) atoms. The van der Waals surface area contributed by atoms with E-state index in [-0.39, 0.29) is 29.9 Å². The molecule has 0 amide bonds. The van der Waals surface area contributed by atoms with Crippen molar-refractivity contribution in [3.05, 3.63) is 65.2 Å². The Balaban J connectivity index is 2.43. The summed E-state index contributed by atoms with van der Waals surface area (Å²) in [5.74, 6) is -0.739. The van der Waals surface area contributed by atoms with Crippen molar-refractivity contribution in [3.8, 4) is 5.75 Å². The SMILES string of the molecule is Cc1ccc(C(=O)C[C@](N[S@@](=O)C(C)(C)C)(c2ccc(OCCCC(F)(F)F)cc2)C(F)(F)F)cc1. The van der Waals surface area contributed by atoms with Crippen molar-refractivity contribution in [2.24, 2.45) is 0 Å². The lowest BCUT2D eigenvalue weighted by Gasteiger charge is -2.38. The molecule has 0 aromatic heterocycles. The fraction of sp³-hybridized carbons (Fsp3) is 0.480. The summed E-state index contributed by atoms with van der Waals surface area (Å²) in [6, 6.07) is 10.6. The minimum atomic E-state index is -5.04. The van der Waals surface area contributed by atoms with Crippen LogP contribution in [0.25, 0.3) is 0 Å². The number of alkyl halides is 6. The third-order valence-corrected chi connectivity index (χ3v) is 6.97. The molecule has 11 heteroatoms. The quantitative estimate of drug-likeness (QED) is 0.206. The number of Topliss-reactive ketones (excluding diaryl/α,β-unsaturated/α-hetero) is 1. The van der Waals surface area contributed by atoms with Crippen LogP contribution in [0, 0.1) is 6.92 Å². The van der Waals surface area contributed by atoms with Gasteiger partial charge in [-0.25, -0.2) is 8.93 Å². The standard InChI is InChI=1S/C25H29F6NO3S/c1-17-6-8-18(9-7-17)21(33)16-23(25(29,30)31,32-36(34)22(2,3)4)19-10-12-20(13-11-19)35-15-5-14-24(26,27)28/h6-13,32H,5,14-16H2,1-4H3/t23-,36-/m0/s1. The first kappa shape index (κ1) is 29.8. The second-order valence-electron chi connectivity index (χ2n) is 9.44. The molecule has 200 valence electrons. The van der Waals surface area contributed by atoms with Crippen LogP contribution in [0.1, 0.15) is 61.5 Å². The summed E-state index contributed by atoms with van der Waals surface area (Å²) in [5, 5.41) is 0. The number of hydrogen-bond acceptors (Lipinski definition) is 3. The maximum absolute atomic E-state index is 14.7. The summed E-state index contributed by atoms with van der Waals surface area (Å²) in [7, 11) is -2.21. The van der Waals surface area contributed by atoms with Crippen molar-refractivity contribution in [2.75, 3.05) is 6.61 Å². The van der Waals surface area contributed by atoms with Crippen molar-refractivity contribution in [1.82, 2.24) is 4.72 Å². The van der Waals surface area contributed by atoms with E-state index >= 15 is 0 Å². The minimum Gasteiger partial charge on any atom is -0.494 e. The van der Waals surface area contributed by atoms with Crippen LogP contribution >= 0.6 is 0 Å². The van der Waals surface area contributed by atoms with E-state index in [0.717, 1.165) is 17.7 Å². The summed E-state index contributed by atoms with van der Waals surface area (Å²) in [6.45, 7) is 5.99. The minimum absolute atomic E-state index is 0.0683. The Morgan fingerprint density at radius 3 is 1.94 bits per heavy atom. The molecule has 2 atom stereocenters. The molecule has 0 bridgehead atoms. The third kappa shape index (κ3) is 8.06. The molecule has 0 spiro atoms. The van der Waals surface area contributed by atoms with E-state index in [1.807, 2.05) is 0 Å². The lowest BCUT2D eigenvalue weighted by Crippen LogP contribution is -2.58. The second kappa shape index (κ2) is 11.3. The number of halogens is 6. The van der Waals surface area contributed by atoms with Crippen molar-refractivity contribution in [3.63, 3.8) is 0 Å². The molecule has 2 aromatic carbocycles. The lowest BCUT2D eigenvalue weighted by molar-refractivity contribution is -0.193. The molecule has 0 heterocycles. The van der Waals surface area contributed by atoms with E-state index in [4.69, 9.17) is 4.74 Å². The molecule has 0 aliphatic rings. The fourth-order valence-corrected chi connectivity index (χ4v) is 4.14. The van der Waals surface area contributed by atoms with Gasteiger partial charge in [-0.3, -0.25) is 4.79 Å². The number of ketones is 1. The first-order chi connectivity index (χ1) is 16.4. The van der Waals surface area contributed by atoms with E-state index in [1.165, 1.54) is 45.0 Å². The molecule has 0 aliphatic carbocycles. The summed E-state index contributed by atoms with van der Waals surface area (Å²) in [5.41, 5.74) is -2.48. The van der Waals surface area contributed by atoms with Gasteiger partial charge in [0.2, 0.25) is 0 Å². The highest BCUT2D eigenvalue weighted by molar-refractivity contribution is 7.84. The highest BCUT2D eigenvalue weighted by atomic mass is 32.2. The zero-order chi connectivity index (χ0) is 27.4. The number of nitrogens with one attached hydrogen (secondary N) is 1. The average Bonchev–Trinajstić information content (AvgIpc) is 2.75. The predicted octanol–water partition coefficient (Wildman–Crippen LogP) is 6.80. The number of carbonyl (C=O) groups excluding carboxylic acids is 1. The topological polar surface area (TPSA) is 55.4 Å². The van der Waals surface area contributed by atoms with Gasteiger partial charge in [-0.05, 0) is 51.8 Å². The molecule has 0 saturated heterocycles. The van der Waals surface area contributed by atoms with Crippen LogP contribution < -0.4 is 9.46 Å². The van der Waals surface area contributed by atoms with Gasteiger partial charge in [-0.15, -0.1) is 0 Å². The van der Waals surface area contributed by atoms with E-state index in [0.29, 0.717) is 0 Å². The average molecular weight is 538 g/mol. The van der Waals surface area contributed by atoms with Gasteiger partial charge in [-0.1, -0.05) is 42.0 Å². The Bertz CT molecular complexity index is 1040. The van der Waals surface area contributed by atoms with Gasteiger partial charge in [0.05, 0.1) is 22.3 Å². The smallest absolute Gasteiger partial charge is 0.412 e. The fourth-order valence-electron chi connectivity index (χ4n) is 3.21. The summed E-state index contributed by atoms with van der Waals surface area (Å²) < 4.78 is 100. The zero-order valence-corrected chi connectivity index (χ0v) is 21.2. The number of benzene rings is 2. The summed E-state index contributed by atoms with van der Waals surface area (Å²) in [6.07, 6.45) is -11.8. The molecule has 0 radical (unpaired) electrons. The largest absolute Gasteiger partial charge is 0.494 e. The molecule has 4 nitrogen and oxygen atoms in total. The molecule has 0 aliphatic heterocycles. The normalized spacial score (nSPS) is 15.3. The Hall–Kier alpha value is -2.40. The number of carbonyl (C=O) groups is 1. The third-order valence-electron chi connectivity index (χ3n) is 5.33. The molecular weight excluding hydrogens is 508 g/mol. The van der Waals surface area contributed by atoms with Crippen LogP contribution in [0.3, 0.4) is 0 Å². The van der Waals surface area contributed by atoms with Gasteiger partial charge >= 0.3 is 12.4 Å². The number of rotatable bonds is 10. The van der Waals surface area contributed by atoms with Crippen molar-refractivity contribution < 1.29 is 40.1 Å². The molecule has 0 fully saturated rings. The van der Waals surface area contributed by atoms with Gasteiger partial charge in [0, 0.05) is 18.4 Å². The van der Waals surface area contributed by atoms with Crippen molar-refractivity contribution >= 4 is 16.8 Å². The van der Waals surface area contributed by atoms with Gasteiger partial charge in [-0.2, -0.15) is 26.3 Å². The van der Waals surface area contributed by atoms with E-state index < -0.39 is 52.2 Å². The van der Waals surface area contributed by atoms with Crippen LogP contribution in [0.5, 0.6) is 5.75 Å². The Morgan fingerprint density at radius 1 is 0.917 bits per heavy atom. The first-order valence-electron chi connectivity index (χ1n) is 11.1. The highest BCUT2D eigenvalue weighted by Gasteiger charge is 2.58. The van der Waals surface area contributed by atoms with Crippen LogP contribution in [-0.4, -0.2) is 33.7 Å². The van der Waals surface area contributed by atoms with Crippen LogP contribution in [0.15, 0.2) is 48.5 Å². The van der Waals surface area contributed by atoms with Gasteiger partial charge < -0.3 is 4.74 Å². The lowest BCUT2D eigenvalue weighted by atomic mass is 9.83. The highest BCUT2D eigenvalue weighted by Crippen LogP contribution is 2.44. The second-order valence-corrected chi connectivity index (χ2v) is 11.4. The zero-order valence-electron chi connectivity index (χ0n) is 20.3. The predicted molar refractivity (Wildman–Crippen MR) is 126 cm³/mol. The number of aryl methyl sites for hydroxylation is 1. The van der Waals surface area contributed by atoms with Crippen molar-refractivity contribution in [2.45, 2.75) is 69.6 Å². The van der Waals surface area contributed by atoms with Gasteiger partial charge in [0.15, 0.2) is 11.3 Å². The molecule has 1 N–H and O–H groups in total. The maximum Gasteiger partial charge on any atom is 0.412 e. The van der Waals surface area contributed by atoms with E-state index in [2.05, 4.69) is 4.72 Å².